The summed E-state index contributed by atoms with van der Waals surface area (Å²) in [6.07, 6.45) is 5.58. The van der Waals surface area contributed by atoms with E-state index in [2.05, 4.69) is 6.92 Å². The third-order valence-electron chi connectivity index (χ3n) is 3.92. The normalized spacial score (nSPS) is 21.7. The maximum absolute atomic E-state index is 12.6. The molecule has 3 unspecified atom stereocenters. The smallest absolute Gasteiger partial charge is 0.0540 e. The number of rotatable bonds is 5. The molecule has 3 heteroatoms. The highest BCUT2D eigenvalue weighted by Gasteiger charge is 2.31. The van der Waals surface area contributed by atoms with Gasteiger partial charge in [-0.05, 0) is 24.8 Å². The van der Waals surface area contributed by atoms with Gasteiger partial charge in [0.25, 0.3) is 0 Å². The van der Waals surface area contributed by atoms with Crippen LogP contribution in [-0.4, -0.2) is 14.7 Å². The van der Waals surface area contributed by atoms with E-state index in [0.29, 0.717) is 5.25 Å². The van der Waals surface area contributed by atoms with Crippen molar-refractivity contribution in [3.8, 4) is 0 Å². The van der Waals surface area contributed by atoms with Gasteiger partial charge < -0.3 is 5.73 Å². The van der Waals surface area contributed by atoms with Gasteiger partial charge in [-0.1, -0.05) is 50.1 Å². The minimum atomic E-state index is -0.789. The van der Waals surface area contributed by atoms with Crippen LogP contribution in [0.15, 0.2) is 30.3 Å². The van der Waals surface area contributed by atoms with Gasteiger partial charge in [0.2, 0.25) is 0 Å². The Bertz CT molecular complexity index is 387. The molecule has 2 rings (SSSR count). The van der Waals surface area contributed by atoms with Crippen molar-refractivity contribution in [3.05, 3.63) is 35.9 Å². The first-order chi connectivity index (χ1) is 8.74. The van der Waals surface area contributed by atoms with Gasteiger partial charge in [-0.25, -0.2) is 0 Å². The highest BCUT2D eigenvalue weighted by molar-refractivity contribution is 7.86. The predicted octanol–water partition coefficient (Wildman–Crippen LogP) is 3.16. The van der Waals surface area contributed by atoms with Crippen LogP contribution in [-0.2, 0) is 10.8 Å². The number of nitrogens with two attached hydrogens (primary N) is 1. The van der Waals surface area contributed by atoms with Crippen LogP contribution >= 0.6 is 0 Å². The van der Waals surface area contributed by atoms with E-state index < -0.39 is 10.8 Å². The molecule has 1 saturated carbocycles. The summed E-state index contributed by atoms with van der Waals surface area (Å²) in [5.41, 5.74) is 7.43. The summed E-state index contributed by atoms with van der Waals surface area (Å²) in [6, 6.07) is 9.97. The summed E-state index contributed by atoms with van der Waals surface area (Å²) in [6.45, 7) is 2.10. The fourth-order valence-electron chi connectivity index (χ4n) is 2.82. The molecule has 100 valence electrons. The molecule has 2 nitrogen and oxygen atoms in total. The van der Waals surface area contributed by atoms with Crippen molar-refractivity contribution in [2.45, 2.75) is 55.6 Å². The Morgan fingerprint density at radius 2 is 1.89 bits per heavy atom. The van der Waals surface area contributed by atoms with Crippen LogP contribution in [0.1, 0.15) is 50.6 Å². The summed E-state index contributed by atoms with van der Waals surface area (Å²) in [5, 5.41) is 0.472. The second-order valence-corrected chi connectivity index (χ2v) is 7.05. The Kier molecular flexibility index (Phi) is 4.95. The first-order valence-corrected chi connectivity index (χ1v) is 8.21. The lowest BCUT2D eigenvalue weighted by Crippen LogP contribution is -2.34. The quantitative estimate of drug-likeness (QED) is 0.888. The number of benzene rings is 1. The third kappa shape index (κ3) is 3.01. The topological polar surface area (TPSA) is 43.1 Å². The van der Waals surface area contributed by atoms with Crippen molar-refractivity contribution in [1.82, 2.24) is 0 Å². The maximum Gasteiger partial charge on any atom is 0.0540 e. The molecule has 3 atom stereocenters. The molecule has 0 bridgehead atoms. The van der Waals surface area contributed by atoms with E-state index in [1.54, 1.807) is 0 Å². The molecule has 1 aliphatic carbocycles. The van der Waals surface area contributed by atoms with Crippen LogP contribution < -0.4 is 5.73 Å². The van der Waals surface area contributed by atoms with Crippen LogP contribution in [0, 0.1) is 0 Å². The van der Waals surface area contributed by atoms with Crippen LogP contribution in [0.2, 0.25) is 0 Å². The van der Waals surface area contributed by atoms with Gasteiger partial charge in [-0.3, -0.25) is 4.21 Å². The molecule has 1 fully saturated rings. The summed E-state index contributed by atoms with van der Waals surface area (Å²) >= 11 is 0. The van der Waals surface area contributed by atoms with Crippen LogP contribution in [0.3, 0.4) is 0 Å². The van der Waals surface area contributed by atoms with Gasteiger partial charge in [0.05, 0.1) is 5.25 Å². The van der Waals surface area contributed by atoms with E-state index in [-0.39, 0.29) is 11.3 Å². The Morgan fingerprint density at radius 3 is 2.44 bits per heavy atom. The Balaban J connectivity index is 2.10. The van der Waals surface area contributed by atoms with Gasteiger partial charge in [0, 0.05) is 22.1 Å². The molecule has 0 aliphatic heterocycles. The second kappa shape index (κ2) is 6.48. The first kappa shape index (κ1) is 13.8. The van der Waals surface area contributed by atoms with Crippen molar-refractivity contribution in [2.24, 2.45) is 5.73 Å². The van der Waals surface area contributed by atoms with Gasteiger partial charge >= 0.3 is 0 Å². The minimum absolute atomic E-state index is 0.0931. The SMILES string of the molecule is CCC(C(N)c1ccccc1)S(=O)C1CCCC1. The number of hydrogen-bond donors (Lipinski definition) is 1. The molecule has 0 saturated heterocycles. The van der Waals surface area contributed by atoms with Crippen molar-refractivity contribution in [2.75, 3.05) is 0 Å². The molecular formula is C15H23NOS. The molecular weight excluding hydrogens is 242 g/mol. The standard InChI is InChI=1S/C15H23NOS/c1-2-14(18(17)13-10-6-7-11-13)15(16)12-8-4-3-5-9-12/h3-5,8-9,13-15H,2,6-7,10-11,16H2,1H3. The molecule has 0 heterocycles. The molecule has 1 aromatic rings. The largest absolute Gasteiger partial charge is 0.323 e. The van der Waals surface area contributed by atoms with Crippen LogP contribution in [0.5, 0.6) is 0 Å². The van der Waals surface area contributed by atoms with Gasteiger partial charge in [-0.15, -0.1) is 0 Å². The zero-order valence-electron chi connectivity index (χ0n) is 11.0. The predicted molar refractivity (Wildman–Crippen MR) is 77.8 cm³/mol. The molecule has 0 spiro atoms. The van der Waals surface area contributed by atoms with E-state index in [0.717, 1.165) is 24.8 Å². The number of hydrogen-bond acceptors (Lipinski definition) is 2. The molecule has 2 N–H and O–H groups in total. The van der Waals surface area contributed by atoms with Crippen LogP contribution in [0.4, 0.5) is 0 Å². The molecule has 1 aromatic carbocycles. The Labute approximate surface area is 112 Å². The lowest BCUT2D eigenvalue weighted by molar-refractivity contribution is 0.601. The minimum Gasteiger partial charge on any atom is -0.323 e. The summed E-state index contributed by atoms with van der Waals surface area (Å²) in [7, 11) is -0.789. The molecule has 0 radical (unpaired) electrons. The fraction of sp³-hybridized carbons (Fsp3) is 0.600. The van der Waals surface area contributed by atoms with Crippen LogP contribution in [0.25, 0.3) is 0 Å². The molecule has 0 aromatic heterocycles. The summed E-state index contributed by atoms with van der Waals surface area (Å²) in [5.74, 6) is 0. The average Bonchev–Trinajstić information content (AvgIpc) is 2.94. The van der Waals surface area contributed by atoms with Gasteiger partial charge in [0.1, 0.15) is 0 Å². The van der Waals surface area contributed by atoms with Gasteiger partial charge in [-0.2, -0.15) is 0 Å². The monoisotopic (exact) mass is 265 g/mol. The van der Waals surface area contributed by atoms with E-state index in [9.17, 15) is 4.21 Å². The molecule has 0 amide bonds. The van der Waals surface area contributed by atoms with Crippen molar-refractivity contribution >= 4 is 10.8 Å². The van der Waals surface area contributed by atoms with E-state index >= 15 is 0 Å². The van der Waals surface area contributed by atoms with E-state index in [4.69, 9.17) is 5.73 Å². The second-order valence-electron chi connectivity index (χ2n) is 5.12. The van der Waals surface area contributed by atoms with Crippen molar-refractivity contribution in [1.29, 1.82) is 0 Å². The molecule has 18 heavy (non-hydrogen) atoms. The van der Waals surface area contributed by atoms with Crippen molar-refractivity contribution < 1.29 is 4.21 Å². The Morgan fingerprint density at radius 1 is 1.28 bits per heavy atom. The lowest BCUT2D eigenvalue weighted by atomic mass is 10.0. The van der Waals surface area contributed by atoms with E-state index in [1.165, 1.54) is 12.8 Å². The lowest BCUT2D eigenvalue weighted by Gasteiger charge is -2.25. The summed E-state index contributed by atoms with van der Waals surface area (Å²) in [4.78, 5) is 0. The van der Waals surface area contributed by atoms with Crippen molar-refractivity contribution in [3.63, 3.8) is 0 Å². The van der Waals surface area contributed by atoms with Gasteiger partial charge in [0.15, 0.2) is 0 Å². The molecule has 1 aliphatic rings. The fourth-order valence-corrected chi connectivity index (χ4v) is 4.89. The highest BCUT2D eigenvalue weighted by atomic mass is 32.2. The Hall–Kier alpha value is -0.670. The average molecular weight is 265 g/mol. The zero-order chi connectivity index (χ0) is 13.0. The third-order valence-corrected chi connectivity index (χ3v) is 6.27. The maximum atomic E-state index is 12.6. The summed E-state index contributed by atoms with van der Waals surface area (Å²) < 4.78 is 12.6. The van der Waals surface area contributed by atoms with E-state index in [1.807, 2.05) is 30.3 Å². The zero-order valence-corrected chi connectivity index (χ0v) is 11.9. The highest BCUT2D eigenvalue weighted by Crippen LogP contribution is 2.30. The first-order valence-electron chi connectivity index (χ1n) is 6.94.